The molecule has 1 saturated heterocycles. The van der Waals surface area contributed by atoms with E-state index in [0.717, 1.165) is 44.1 Å². The van der Waals surface area contributed by atoms with Gasteiger partial charge in [-0.05, 0) is 80.0 Å². The highest BCUT2D eigenvalue weighted by atomic mass is 35.5. The van der Waals surface area contributed by atoms with Crippen molar-refractivity contribution in [2.24, 2.45) is 0 Å². The van der Waals surface area contributed by atoms with Gasteiger partial charge in [-0.25, -0.2) is 22.2 Å². The summed E-state index contributed by atoms with van der Waals surface area (Å²) in [5.74, 6) is -1.21. The molecule has 12 heteroatoms. The summed E-state index contributed by atoms with van der Waals surface area (Å²) < 4.78 is 56.4. The first kappa shape index (κ1) is 29.5. The molecular weight excluding hydrogens is 562 g/mol. The van der Waals surface area contributed by atoms with Crippen molar-refractivity contribution in [2.75, 3.05) is 18.4 Å². The molecule has 0 spiro atoms. The molecule has 1 unspecified atom stereocenters. The van der Waals surface area contributed by atoms with E-state index in [0.29, 0.717) is 10.8 Å². The fourth-order valence-electron chi connectivity index (χ4n) is 3.89. The third kappa shape index (κ3) is 6.76. The number of pyridine rings is 1. The minimum absolute atomic E-state index is 0. The van der Waals surface area contributed by atoms with Crippen LogP contribution in [0.1, 0.15) is 29.2 Å². The highest BCUT2D eigenvalue weighted by molar-refractivity contribution is 7.92. The molecule has 0 amide bonds. The van der Waals surface area contributed by atoms with Gasteiger partial charge in [0.05, 0.1) is 9.92 Å². The molecule has 1 fully saturated rings. The topological polar surface area (TPSA) is 71.1 Å². The predicted octanol–water partition coefficient (Wildman–Crippen LogP) is 6.24. The van der Waals surface area contributed by atoms with Gasteiger partial charge < -0.3 is 10.6 Å². The summed E-state index contributed by atoms with van der Waals surface area (Å²) in [6, 6.07) is 9.84. The Hall–Kier alpha value is -1.68. The Morgan fingerprint density at radius 2 is 1.63 bits per heavy atom. The van der Waals surface area contributed by atoms with Crippen molar-refractivity contribution in [3.05, 3.63) is 87.5 Å². The molecule has 2 heterocycles. The number of benzene rings is 2. The highest BCUT2D eigenvalue weighted by Gasteiger charge is 2.35. The van der Waals surface area contributed by atoms with Crippen molar-refractivity contribution in [3.63, 3.8) is 0 Å². The summed E-state index contributed by atoms with van der Waals surface area (Å²) in [5.41, 5.74) is -0.242. The number of nitrogens with one attached hydrogen (secondary N) is 2. The van der Waals surface area contributed by atoms with E-state index in [1.165, 1.54) is 36.5 Å². The van der Waals surface area contributed by atoms with Gasteiger partial charge in [0.25, 0.3) is 0 Å². The molecule has 5 nitrogen and oxygen atoms in total. The molecule has 1 atom stereocenters. The third-order valence-electron chi connectivity index (χ3n) is 5.55. The van der Waals surface area contributed by atoms with Gasteiger partial charge in [0, 0.05) is 22.8 Å². The molecule has 35 heavy (non-hydrogen) atoms. The summed E-state index contributed by atoms with van der Waals surface area (Å²) in [5, 5.41) is 5.33. The second-order valence-corrected chi connectivity index (χ2v) is 10.7. The maximum absolute atomic E-state index is 14.9. The van der Waals surface area contributed by atoms with E-state index in [9.17, 15) is 17.2 Å². The van der Waals surface area contributed by atoms with Crippen molar-refractivity contribution in [3.8, 4) is 0 Å². The molecular formula is C23H23Cl4F2N3O2S. The van der Waals surface area contributed by atoms with Crippen molar-refractivity contribution in [1.82, 2.24) is 10.3 Å². The number of aromatic nitrogens is 1. The largest absolute Gasteiger partial charge is 0.367 e. The second-order valence-electron chi connectivity index (χ2n) is 7.80. The minimum atomic E-state index is -4.25. The number of hydrogen-bond donors (Lipinski definition) is 2. The maximum Gasteiger partial charge on any atom is 0.189 e. The predicted molar refractivity (Wildman–Crippen MR) is 140 cm³/mol. The molecule has 0 bridgehead atoms. The van der Waals surface area contributed by atoms with E-state index in [2.05, 4.69) is 15.6 Å². The van der Waals surface area contributed by atoms with Gasteiger partial charge in [-0.3, -0.25) is 0 Å². The zero-order valence-corrected chi connectivity index (χ0v) is 22.1. The lowest BCUT2D eigenvalue weighted by Gasteiger charge is -2.25. The quantitative estimate of drug-likeness (QED) is 0.359. The molecule has 0 aliphatic carbocycles. The fourth-order valence-corrected chi connectivity index (χ4v) is 6.12. The Bertz CT molecular complexity index is 1260. The van der Waals surface area contributed by atoms with Crippen molar-refractivity contribution in [2.45, 2.75) is 29.0 Å². The zero-order chi connectivity index (χ0) is 23.6. The smallest absolute Gasteiger partial charge is 0.189 e. The molecule has 2 aromatic carbocycles. The summed E-state index contributed by atoms with van der Waals surface area (Å²) >= 11 is 12.3. The summed E-state index contributed by atoms with van der Waals surface area (Å²) in [4.78, 5) is 4.18. The molecule has 4 rings (SSSR count). The van der Waals surface area contributed by atoms with Crippen LogP contribution < -0.4 is 10.6 Å². The average Bonchev–Trinajstić information content (AvgIpc) is 2.79. The van der Waals surface area contributed by atoms with Gasteiger partial charge in [-0.2, -0.15) is 0 Å². The van der Waals surface area contributed by atoms with Crippen LogP contribution in [-0.2, 0) is 9.84 Å². The average molecular weight is 585 g/mol. The van der Waals surface area contributed by atoms with E-state index >= 15 is 0 Å². The van der Waals surface area contributed by atoms with Crippen LogP contribution in [0.15, 0.2) is 59.6 Å². The molecule has 1 aromatic heterocycles. The van der Waals surface area contributed by atoms with Gasteiger partial charge in [-0.15, -0.1) is 24.8 Å². The SMILES string of the molecule is Cl.Cl.O=S(=O)(c1ccc(Cl)cc1)C(c1cc(F)ccc1F)c1cc(NC2CCNCC2)ncc1Cl. The second kappa shape index (κ2) is 12.5. The van der Waals surface area contributed by atoms with E-state index in [4.69, 9.17) is 23.2 Å². The lowest BCUT2D eigenvalue weighted by molar-refractivity contribution is 0.478. The van der Waals surface area contributed by atoms with Gasteiger partial charge in [-0.1, -0.05) is 23.2 Å². The van der Waals surface area contributed by atoms with Crippen LogP contribution in [0.4, 0.5) is 14.6 Å². The molecule has 190 valence electrons. The summed E-state index contributed by atoms with van der Waals surface area (Å²) in [6.45, 7) is 1.69. The summed E-state index contributed by atoms with van der Waals surface area (Å²) in [6.07, 6.45) is 3.05. The Morgan fingerprint density at radius 1 is 0.971 bits per heavy atom. The molecule has 0 saturated carbocycles. The first-order valence-electron chi connectivity index (χ1n) is 10.3. The van der Waals surface area contributed by atoms with Gasteiger partial charge in [0.15, 0.2) is 9.84 Å². The Morgan fingerprint density at radius 3 is 2.29 bits per heavy atom. The lowest BCUT2D eigenvalue weighted by Crippen LogP contribution is -2.35. The number of piperidine rings is 1. The molecule has 2 N–H and O–H groups in total. The normalized spacial score (nSPS) is 15.0. The number of nitrogens with zero attached hydrogens (tertiary/aromatic N) is 1. The number of hydrogen-bond acceptors (Lipinski definition) is 5. The molecule has 3 aromatic rings. The third-order valence-corrected chi connectivity index (χ3v) is 8.18. The van der Waals surface area contributed by atoms with Gasteiger partial charge >= 0.3 is 0 Å². The first-order valence-corrected chi connectivity index (χ1v) is 12.6. The monoisotopic (exact) mass is 583 g/mol. The standard InChI is InChI=1S/C23H21Cl2F2N3O2S.2ClH/c24-14-1-4-17(5-2-14)33(31,32)23(19-11-15(26)3-6-21(19)27)18-12-22(29-13-20(18)25)30-16-7-9-28-10-8-16;;/h1-6,11-13,16,23,28H,7-10H2,(H,29,30);2*1H. The number of rotatable bonds is 6. The number of sulfone groups is 1. The van der Waals surface area contributed by atoms with Crippen molar-refractivity contribution >= 4 is 63.7 Å². The van der Waals surface area contributed by atoms with Crippen molar-refractivity contribution in [1.29, 1.82) is 0 Å². The molecule has 1 aliphatic rings. The van der Waals surface area contributed by atoms with Crippen molar-refractivity contribution < 1.29 is 17.2 Å². The first-order chi connectivity index (χ1) is 15.8. The van der Waals surface area contributed by atoms with Crippen LogP contribution in [-0.4, -0.2) is 32.5 Å². The van der Waals surface area contributed by atoms with Crippen LogP contribution in [0.2, 0.25) is 10.0 Å². The minimum Gasteiger partial charge on any atom is -0.367 e. The van der Waals surface area contributed by atoms with Crippen LogP contribution >= 0.6 is 48.0 Å². The van der Waals surface area contributed by atoms with Gasteiger partial charge in [0.1, 0.15) is 22.7 Å². The maximum atomic E-state index is 14.9. The van der Waals surface area contributed by atoms with E-state index in [1.807, 2.05) is 0 Å². The van der Waals surface area contributed by atoms with E-state index in [-0.39, 0.29) is 51.9 Å². The Labute approximate surface area is 225 Å². The van der Waals surface area contributed by atoms with Crippen LogP contribution in [0.25, 0.3) is 0 Å². The van der Waals surface area contributed by atoms with Crippen LogP contribution in [0.5, 0.6) is 0 Å². The fraction of sp³-hybridized carbons (Fsp3) is 0.261. The highest BCUT2D eigenvalue weighted by Crippen LogP contribution is 2.40. The van der Waals surface area contributed by atoms with E-state index < -0.39 is 26.7 Å². The van der Waals surface area contributed by atoms with Gasteiger partial charge in [0.2, 0.25) is 0 Å². The molecule has 1 aliphatic heterocycles. The Kier molecular flexibility index (Phi) is 10.6. The summed E-state index contributed by atoms with van der Waals surface area (Å²) in [7, 11) is -4.25. The Balaban J connectivity index is 0.00000216. The van der Waals surface area contributed by atoms with Crippen LogP contribution in [0, 0.1) is 11.6 Å². The molecule has 0 radical (unpaired) electrons. The van der Waals surface area contributed by atoms with Crippen LogP contribution in [0.3, 0.4) is 0 Å². The lowest BCUT2D eigenvalue weighted by atomic mass is 10.0. The zero-order valence-electron chi connectivity index (χ0n) is 18.2. The van der Waals surface area contributed by atoms with E-state index in [1.54, 1.807) is 0 Å². The number of halogens is 6. The number of anilines is 1.